The fourth-order valence-electron chi connectivity index (χ4n) is 0.477. The molecule has 0 aliphatic carbocycles. The third-order valence-corrected chi connectivity index (χ3v) is 1.52. The van der Waals surface area contributed by atoms with Gasteiger partial charge in [0.05, 0.1) is 12.7 Å². The summed E-state index contributed by atoms with van der Waals surface area (Å²) in [5.74, 6) is -1.59. The van der Waals surface area contributed by atoms with Crippen molar-refractivity contribution in [3.8, 4) is 0 Å². The van der Waals surface area contributed by atoms with Crippen molar-refractivity contribution in [2.75, 3.05) is 19.8 Å². The molecular weight excluding hydrogens is 284 g/mol. The number of hydrogen-bond acceptors (Lipinski definition) is 7. The average molecular weight is 308 g/mol. The summed E-state index contributed by atoms with van der Waals surface area (Å²) in [6.45, 7) is 7.23. The maximum Gasteiger partial charge on any atom is 0.330 e. The zero-order chi connectivity index (χ0) is 17.3. The second-order valence-corrected chi connectivity index (χ2v) is 3.57. The van der Waals surface area contributed by atoms with Crippen molar-refractivity contribution < 1.29 is 39.9 Å². The van der Waals surface area contributed by atoms with Gasteiger partial charge in [-0.1, -0.05) is 13.2 Å². The van der Waals surface area contributed by atoms with Gasteiger partial charge in [0.15, 0.2) is 0 Å². The van der Waals surface area contributed by atoms with Crippen LogP contribution in [0.4, 0.5) is 0 Å². The summed E-state index contributed by atoms with van der Waals surface area (Å²) in [6, 6.07) is 0. The van der Waals surface area contributed by atoms with Crippen LogP contribution in [0.15, 0.2) is 25.3 Å². The number of ether oxygens (including phenoxy) is 1. The molecule has 21 heavy (non-hydrogen) atoms. The molecule has 0 spiro atoms. The van der Waals surface area contributed by atoms with E-state index in [1.807, 2.05) is 0 Å². The Morgan fingerprint density at radius 2 is 1.67 bits per heavy atom. The Hall–Kier alpha value is -1.74. The first-order valence-corrected chi connectivity index (χ1v) is 5.97. The molecule has 2 unspecified atom stereocenters. The quantitative estimate of drug-likeness (QED) is 0.300. The second-order valence-electron chi connectivity index (χ2n) is 3.57. The number of aliphatic hydroxyl groups excluding tert-OH is 4. The lowest BCUT2D eigenvalue weighted by molar-refractivity contribution is -0.141. The number of rotatable bonds is 7. The monoisotopic (exact) mass is 308 g/mol. The van der Waals surface area contributed by atoms with Crippen molar-refractivity contribution in [3.05, 3.63) is 25.3 Å². The number of carbonyl (C=O) groups excluding carboxylic acids is 1. The largest absolute Gasteiger partial charge is 0.478 e. The number of hydrogen-bond donors (Lipinski definition) is 5. The van der Waals surface area contributed by atoms with E-state index >= 15 is 0 Å². The van der Waals surface area contributed by atoms with Gasteiger partial charge in [-0.15, -0.1) is 0 Å². The molecule has 2 atom stereocenters. The summed E-state index contributed by atoms with van der Waals surface area (Å²) in [4.78, 5) is 19.5. The van der Waals surface area contributed by atoms with Crippen LogP contribution >= 0.6 is 0 Å². The lowest BCUT2D eigenvalue weighted by Crippen LogP contribution is -2.21. The standard InChI is InChI=1S/C6H10O4.C4H10O2.C3H4O2/c1-2-6(9)10-4-5(8)3-7;1-4(6)2-3-5;1-2-3(4)5/h2,5,7-8H,1,3-4H2;4-6H,2-3H2,1H3;2H,1H2,(H,4,5). The summed E-state index contributed by atoms with van der Waals surface area (Å²) in [7, 11) is 0. The van der Waals surface area contributed by atoms with E-state index < -0.39 is 24.6 Å². The highest BCUT2D eigenvalue weighted by atomic mass is 16.5. The fraction of sp³-hybridized carbons (Fsp3) is 0.538. The van der Waals surface area contributed by atoms with Gasteiger partial charge in [0.25, 0.3) is 0 Å². The van der Waals surface area contributed by atoms with Gasteiger partial charge in [-0.05, 0) is 13.3 Å². The third kappa shape index (κ3) is 32.1. The summed E-state index contributed by atoms with van der Waals surface area (Å²) in [6.07, 6.45) is 0.961. The minimum absolute atomic E-state index is 0.0810. The van der Waals surface area contributed by atoms with Crippen LogP contribution < -0.4 is 0 Å². The van der Waals surface area contributed by atoms with Crippen molar-refractivity contribution in [3.63, 3.8) is 0 Å². The first kappa shape index (κ1) is 24.3. The van der Waals surface area contributed by atoms with E-state index in [1.54, 1.807) is 6.92 Å². The Balaban J connectivity index is -0.000000252. The molecule has 0 aliphatic heterocycles. The maximum absolute atomic E-state index is 10.3. The molecule has 0 radical (unpaired) electrons. The van der Waals surface area contributed by atoms with Gasteiger partial charge in [0.1, 0.15) is 12.7 Å². The van der Waals surface area contributed by atoms with Crippen LogP contribution in [0, 0.1) is 0 Å². The lowest BCUT2D eigenvalue weighted by atomic mass is 10.3. The number of esters is 1. The van der Waals surface area contributed by atoms with Crippen LogP contribution in [0.25, 0.3) is 0 Å². The smallest absolute Gasteiger partial charge is 0.330 e. The van der Waals surface area contributed by atoms with E-state index in [0.717, 1.165) is 12.2 Å². The molecule has 0 aromatic heterocycles. The Kier molecular flexibility index (Phi) is 21.1. The lowest BCUT2D eigenvalue weighted by Gasteiger charge is -2.05. The Labute approximate surface area is 123 Å². The minimum Gasteiger partial charge on any atom is -0.478 e. The number of carboxylic acid groups (broad SMARTS) is 1. The van der Waals surface area contributed by atoms with Gasteiger partial charge in [0.2, 0.25) is 0 Å². The van der Waals surface area contributed by atoms with E-state index in [4.69, 9.17) is 25.5 Å². The Morgan fingerprint density at radius 1 is 1.19 bits per heavy atom. The molecule has 8 heteroatoms. The normalized spacial score (nSPS) is 11.5. The van der Waals surface area contributed by atoms with E-state index in [0.29, 0.717) is 6.42 Å². The van der Waals surface area contributed by atoms with E-state index in [9.17, 15) is 9.59 Å². The van der Waals surface area contributed by atoms with E-state index in [-0.39, 0.29) is 19.3 Å². The van der Waals surface area contributed by atoms with Crippen molar-refractivity contribution in [1.29, 1.82) is 0 Å². The van der Waals surface area contributed by atoms with Gasteiger partial charge >= 0.3 is 11.9 Å². The van der Waals surface area contributed by atoms with Crippen LogP contribution in [-0.2, 0) is 14.3 Å². The highest BCUT2D eigenvalue weighted by Crippen LogP contribution is 1.85. The van der Waals surface area contributed by atoms with Gasteiger partial charge in [-0.25, -0.2) is 9.59 Å². The second kappa shape index (κ2) is 18.3. The summed E-state index contributed by atoms with van der Waals surface area (Å²) >= 11 is 0. The van der Waals surface area contributed by atoms with Crippen LogP contribution in [-0.4, -0.2) is 69.5 Å². The van der Waals surface area contributed by atoms with E-state index in [2.05, 4.69) is 17.9 Å². The number of carboxylic acids is 1. The summed E-state index contributed by atoms with van der Waals surface area (Å²) in [5, 5.41) is 41.0. The number of aliphatic hydroxyl groups is 4. The highest BCUT2D eigenvalue weighted by molar-refractivity contribution is 5.81. The van der Waals surface area contributed by atoms with Crippen LogP contribution in [0.1, 0.15) is 13.3 Å². The van der Waals surface area contributed by atoms with Gasteiger partial charge < -0.3 is 30.3 Å². The van der Waals surface area contributed by atoms with Crippen molar-refractivity contribution in [2.45, 2.75) is 25.6 Å². The first-order chi connectivity index (χ1) is 9.74. The zero-order valence-corrected chi connectivity index (χ0v) is 12.0. The summed E-state index contributed by atoms with van der Waals surface area (Å²) in [5.41, 5.74) is 0. The molecule has 0 fully saturated rings. The minimum atomic E-state index is -0.996. The predicted octanol–water partition coefficient (Wildman–Crippen LogP) is -0.925. The molecule has 0 rings (SSSR count). The van der Waals surface area contributed by atoms with E-state index in [1.165, 1.54) is 0 Å². The molecule has 0 bridgehead atoms. The van der Waals surface area contributed by atoms with Crippen molar-refractivity contribution in [2.24, 2.45) is 0 Å². The fourth-order valence-corrected chi connectivity index (χ4v) is 0.477. The first-order valence-electron chi connectivity index (χ1n) is 5.97. The Bertz CT molecular complexity index is 288. The zero-order valence-electron chi connectivity index (χ0n) is 12.0. The molecule has 0 saturated carbocycles. The molecule has 0 saturated heterocycles. The molecule has 8 nitrogen and oxygen atoms in total. The molecule has 5 N–H and O–H groups in total. The average Bonchev–Trinajstić information content (AvgIpc) is 2.45. The molecule has 0 heterocycles. The topological polar surface area (TPSA) is 145 Å². The van der Waals surface area contributed by atoms with Gasteiger partial charge in [-0.3, -0.25) is 0 Å². The highest BCUT2D eigenvalue weighted by Gasteiger charge is 2.03. The van der Waals surface area contributed by atoms with Crippen LogP contribution in [0.5, 0.6) is 0 Å². The summed E-state index contributed by atoms with van der Waals surface area (Å²) < 4.78 is 4.38. The predicted molar refractivity (Wildman–Crippen MR) is 75.5 cm³/mol. The molecule has 0 aliphatic rings. The molecule has 0 aromatic carbocycles. The molecule has 0 amide bonds. The van der Waals surface area contributed by atoms with Gasteiger partial charge in [0, 0.05) is 18.8 Å². The SMILES string of the molecule is C=CC(=O)O.C=CC(=O)OCC(O)CO.CC(O)CCO. The maximum atomic E-state index is 10.3. The molecule has 0 aromatic rings. The number of aliphatic carboxylic acids is 1. The molecule has 124 valence electrons. The third-order valence-electron chi connectivity index (χ3n) is 1.52. The van der Waals surface area contributed by atoms with Crippen molar-refractivity contribution >= 4 is 11.9 Å². The van der Waals surface area contributed by atoms with Crippen molar-refractivity contribution in [1.82, 2.24) is 0 Å². The van der Waals surface area contributed by atoms with Crippen LogP contribution in [0.2, 0.25) is 0 Å². The van der Waals surface area contributed by atoms with Crippen LogP contribution in [0.3, 0.4) is 0 Å². The Morgan fingerprint density at radius 3 is 1.86 bits per heavy atom. The number of carbonyl (C=O) groups is 2. The van der Waals surface area contributed by atoms with Gasteiger partial charge in [-0.2, -0.15) is 0 Å². The molecular formula is C13H24O8.